The van der Waals surface area contributed by atoms with E-state index in [-0.39, 0.29) is 18.4 Å². The SMILES string of the molecule is C[C@H](C(=O)N(C)CC(=O)Nc1cccc(Oc2ccccn2)c1)n1cccn1. The topological polar surface area (TPSA) is 89.4 Å². The molecular weight excluding hydrogens is 358 g/mol. The number of benzene rings is 1. The first-order chi connectivity index (χ1) is 13.5. The second kappa shape index (κ2) is 8.81. The van der Waals surface area contributed by atoms with Gasteiger partial charge in [-0.1, -0.05) is 12.1 Å². The smallest absolute Gasteiger partial charge is 0.247 e. The number of rotatable bonds is 7. The van der Waals surface area contributed by atoms with Gasteiger partial charge in [-0.3, -0.25) is 14.3 Å². The summed E-state index contributed by atoms with van der Waals surface area (Å²) in [6.07, 6.45) is 4.96. The summed E-state index contributed by atoms with van der Waals surface area (Å²) in [5, 5.41) is 6.83. The molecule has 8 nitrogen and oxygen atoms in total. The number of anilines is 1. The number of likely N-dealkylation sites (N-methyl/N-ethyl adjacent to an activating group) is 1. The van der Waals surface area contributed by atoms with Crippen molar-refractivity contribution < 1.29 is 14.3 Å². The number of nitrogens with one attached hydrogen (secondary N) is 1. The van der Waals surface area contributed by atoms with Crippen molar-refractivity contribution in [3.05, 3.63) is 67.1 Å². The number of nitrogens with zero attached hydrogens (tertiary/aromatic N) is 4. The molecule has 0 aliphatic rings. The zero-order valence-electron chi connectivity index (χ0n) is 15.6. The molecule has 0 spiro atoms. The fourth-order valence-electron chi connectivity index (χ4n) is 2.60. The van der Waals surface area contributed by atoms with Crippen LogP contribution in [0.4, 0.5) is 5.69 Å². The Balaban J connectivity index is 1.57. The third kappa shape index (κ3) is 4.94. The molecule has 0 aliphatic carbocycles. The largest absolute Gasteiger partial charge is 0.439 e. The van der Waals surface area contributed by atoms with E-state index in [4.69, 9.17) is 4.74 Å². The first-order valence-corrected chi connectivity index (χ1v) is 8.76. The van der Waals surface area contributed by atoms with Gasteiger partial charge in [0.1, 0.15) is 11.8 Å². The van der Waals surface area contributed by atoms with Gasteiger partial charge in [0.05, 0.1) is 6.54 Å². The van der Waals surface area contributed by atoms with E-state index in [9.17, 15) is 9.59 Å². The van der Waals surface area contributed by atoms with Gasteiger partial charge in [0.2, 0.25) is 17.7 Å². The third-order valence-corrected chi connectivity index (χ3v) is 4.01. The molecule has 0 unspecified atom stereocenters. The molecule has 0 saturated carbocycles. The molecule has 0 fully saturated rings. The van der Waals surface area contributed by atoms with Gasteiger partial charge in [0.25, 0.3) is 0 Å². The molecule has 1 atom stereocenters. The molecule has 0 saturated heterocycles. The summed E-state index contributed by atoms with van der Waals surface area (Å²) in [5.41, 5.74) is 0.569. The molecule has 1 aromatic carbocycles. The molecule has 8 heteroatoms. The van der Waals surface area contributed by atoms with Gasteiger partial charge >= 0.3 is 0 Å². The van der Waals surface area contributed by atoms with E-state index in [1.807, 2.05) is 6.07 Å². The Labute approximate surface area is 162 Å². The zero-order valence-corrected chi connectivity index (χ0v) is 15.6. The highest BCUT2D eigenvalue weighted by Gasteiger charge is 2.21. The Kier molecular flexibility index (Phi) is 6.01. The molecule has 3 aromatic rings. The summed E-state index contributed by atoms with van der Waals surface area (Å²) in [5.74, 6) is 0.502. The van der Waals surface area contributed by atoms with Gasteiger partial charge in [0, 0.05) is 43.5 Å². The van der Waals surface area contributed by atoms with Crippen LogP contribution in [0.1, 0.15) is 13.0 Å². The maximum atomic E-state index is 12.4. The summed E-state index contributed by atoms with van der Waals surface area (Å²) in [6.45, 7) is 1.66. The van der Waals surface area contributed by atoms with Gasteiger partial charge in [-0.15, -0.1) is 0 Å². The predicted molar refractivity (Wildman–Crippen MR) is 104 cm³/mol. The van der Waals surface area contributed by atoms with E-state index in [2.05, 4.69) is 15.4 Å². The van der Waals surface area contributed by atoms with Gasteiger partial charge in [-0.2, -0.15) is 5.10 Å². The van der Waals surface area contributed by atoms with Crippen molar-refractivity contribution in [2.24, 2.45) is 0 Å². The van der Waals surface area contributed by atoms with Gasteiger partial charge in [-0.25, -0.2) is 4.98 Å². The van der Waals surface area contributed by atoms with Crippen LogP contribution in [0.3, 0.4) is 0 Å². The van der Waals surface area contributed by atoms with E-state index in [0.717, 1.165) is 0 Å². The fourth-order valence-corrected chi connectivity index (χ4v) is 2.60. The van der Waals surface area contributed by atoms with Crippen LogP contribution in [-0.4, -0.2) is 45.1 Å². The van der Waals surface area contributed by atoms with Crippen LogP contribution in [0, 0.1) is 0 Å². The molecule has 2 aromatic heterocycles. The van der Waals surface area contributed by atoms with Gasteiger partial charge in [-0.05, 0) is 31.2 Å². The summed E-state index contributed by atoms with van der Waals surface area (Å²) >= 11 is 0. The van der Waals surface area contributed by atoms with Gasteiger partial charge in [0.15, 0.2) is 0 Å². The van der Waals surface area contributed by atoms with Crippen LogP contribution >= 0.6 is 0 Å². The normalized spacial score (nSPS) is 11.5. The Morgan fingerprint density at radius 1 is 1.18 bits per heavy atom. The summed E-state index contributed by atoms with van der Waals surface area (Å²) in [7, 11) is 1.59. The lowest BCUT2D eigenvalue weighted by atomic mass is 10.3. The number of hydrogen-bond acceptors (Lipinski definition) is 5. The molecule has 28 heavy (non-hydrogen) atoms. The van der Waals surface area contributed by atoms with Crippen molar-refractivity contribution in [3.63, 3.8) is 0 Å². The lowest BCUT2D eigenvalue weighted by Gasteiger charge is -2.21. The second-order valence-electron chi connectivity index (χ2n) is 6.20. The van der Waals surface area contributed by atoms with E-state index in [1.54, 1.807) is 79.7 Å². The molecule has 1 N–H and O–H groups in total. The van der Waals surface area contributed by atoms with Crippen LogP contribution in [0.15, 0.2) is 67.1 Å². The molecular formula is C20H21N5O3. The minimum atomic E-state index is -0.483. The molecule has 0 bridgehead atoms. The Morgan fingerprint density at radius 3 is 2.75 bits per heavy atom. The van der Waals surface area contributed by atoms with Crippen molar-refractivity contribution in [2.75, 3.05) is 18.9 Å². The van der Waals surface area contributed by atoms with E-state index in [1.165, 1.54) is 4.90 Å². The number of hydrogen-bond donors (Lipinski definition) is 1. The predicted octanol–water partition coefficient (Wildman–Crippen LogP) is 2.73. The Bertz CT molecular complexity index is 928. The maximum Gasteiger partial charge on any atom is 0.247 e. The molecule has 144 valence electrons. The van der Waals surface area contributed by atoms with E-state index >= 15 is 0 Å². The lowest BCUT2D eigenvalue weighted by Crippen LogP contribution is -2.38. The van der Waals surface area contributed by atoms with Crippen LogP contribution in [0.2, 0.25) is 0 Å². The van der Waals surface area contributed by atoms with E-state index in [0.29, 0.717) is 17.3 Å². The standard InChI is InChI=1S/C20H21N5O3/c1-15(25-12-6-11-22-25)20(27)24(2)14-18(26)23-16-7-5-8-17(13-16)28-19-9-3-4-10-21-19/h3-13,15H,14H2,1-2H3,(H,23,26)/t15-/m1/s1. The van der Waals surface area contributed by atoms with Crippen molar-refractivity contribution in [1.29, 1.82) is 0 Å². The number of amides is 2. The molecule has 3 rings (SSSR count). The van der Waals surface area contributed by atoms with Crippen LogP contribution in [-0.2, 0) is 9.59 Å². The highest BCUT2D eigenvalue weighted by atomic mass is 16.5. The highest BCUT2D eigenvalue weighted by Crippen LogP contribution is 2.22. The van der Waals surface area contributed by atoms with Crippen LogP contribution in [0.25, 0.3) is 0 Å². The van der Waals surface area contributed by atoms with Crippen molar-refractivity contribution in [1.82, 2.24) is 19.7 Å². The third-order valence-electron chi connectivity index (χ3n) is 4.01. The maximum absolute atomic E-state index is 12.4. The van der Waals surface area contributed by atoms with Crippen LogP contribution in [0.5, 0.6) is 11.6 Å². The molecule has 2 amide bonds. The molecule has 0 aliphatic heterocycles. The highest BCUT2D eigenvalue weighted by molar-refractivity contribution is 5.95. The van der Waals surface area contributed by atoms with E-state index < -0.39 is 6.04 Å². The Morgan fingerprint density at radius 2 is 2.04 bits per heavy atom. The second-order valence-corrected chi connectivity index (χ2v) is 6.20. The summed E-state index contributed by atoms with van der Waals surface area (Å²) in [6, 6.07) is 13.6. The molecule has 0 radical (unpaired) electrons. The lowest BCUT2D eigenvalue weighted by molar-refractivity contribution is -0.136. The number of ether oxygens (including phenoxy) is 1. The quantitative estimate of drug-likeness (QED) is 0.682. The number of aromatic nitrogens is 3. The van der Waals surface area contributed by atoms with Crippen LogP contribution < -0.4 is 10.1 Å². The molecule has 2 heterocycles. The number of pyridine rings is 1. The fraction of sp³-hybridized carbons (Fsp3) is 0.200. The minimum Gasteiger partial charge on any atom is -0.439 e. The number of carbonyl (C=O) groups is 2. The van der Waals surface area contributed by atoms with Crippen molar-refractivity contribution in [2.45, 2.75) is 13.0 Å². The summed E-state index contributed by atoms with van der Waals surface area (Å²) in [4.78, 5) is 30.2. The van der Waals surface area contributed by atoms with Crippen molar-refractivity contribution >= 4 is 17.5 Å². The average molecular weight is 379 g/mol. The first kappa shape index (κ1) is 19.1. The van der Waals surface area contributed by atoms with Gasteiger partial charge < -0.3 is 15.0 Å². The summed E-state index contributed by atoms with van der Waals surface area (Å²) < 4.78 is 7.21. The monoisotopic (exact) mass is 379 g/mol. The average Bonchev–Trinajstić information content (AvgIpc) is 3.22. The van der Waals surface area contributed by atoms with Crippen molar-refractivity contribution in [3.8, 4) is 11.6 Å². The minimum absolute atomic E-state index is 0.0736. The zero-order chi connectivity index (χ0) is 19.9. The number of carbonyl (C=O) groups excluding carboxylic acids is 2. The Hall–Kier alpha value is -3.68. The first-order valence-electron chi connectivity index (χ1n) is 8.76.